The molecule has 0 aliphatic rings. The lowest BCUT2D eigenvalue weighted by Gasteiger charge is -2.03. The monoisotopic (exact) mass is 258 g/mol. The highest BCUT2D eigenvalue weighted by Crippen LogP contribution is 2.21. The molecule has 17 heavy (non-hydrogen) atoms. The number of hydrogen-bond acceptors (Lipinski definition) is 3. The summed E-state index contributed by atoms with van der Waals surface area (Å²) in [5.41, 5.74) is 0. The topological polar surface area (TPSA) is 71.3 Å². The fraction of sp³-hybridized carbons (Fsp3) is 0.455. The second-order valence-electron chi connectivity index (χ2n) is 3.56. The molecule has 2 amide bonds. The van der Waals surface area contributed by atoms with Crippen LogP contribution in [0.5, 0.6) is 0 Å². The average molecular weight is 259 g/mol. The molecular weight excluding hydrogens is 244 g/mol. The maximum atomic E-state index is 11.6. The van der Waals surface area contributed by atoms with Crippen LogP contribution in [0, 0.1) is 0 Å². The van der Waals surface area contributed by atoms with Crippen LogP contribution in [0.1, 0.15) is 35.5 Å². The number of nitrogens with one attached hydrogen (secondary N) is 2. The van der Waals surface area contributed by atoms with Crippen LogP contribution in [-0.4, -0.2) is 24.9 Å². The molecule has 1 atom stereocenters. The van der Waals surface area contributed by atoms with Gasteiger partial charge in [0.25, 0.3) is 5.91 Å². The number of furan rings is 1. The molecule has 94 valence electrons. The van der Waals surface area contributed by atoms with Crippen molar-refractivity contribution in [2.45, 2.75) is 19.2 Å². The third-order valence-corrected chi connectivity index (χ3v) is 2.24. The third kappa shape index (κ3) is 4.48. The quantitative estimate of drug-likeness (QED) is 0.620. The van der Waals surface area contributed by atoms with E-state index in [1.54, 1.807) is 19.1 Å². The maximum absolute atomic E-state index is 11.6. The Bertz CT molecular complexity index is 401. The summed E-state index contributed by atoms with van der Waals surface area (Å²) in [7, 11) is 0. The third-order valence-electron chi connectivity index (χ3n) is 2.03. The highest BCUT2D eigenvalue weighted by molar-refractivity contribution is 6.20. The Morgan fingerprint density at radius 3 is 2.53 bits per heavy atom. The largest absolute Gasteiger partial charge is 0.454 e. The first-order chi connectivity index (χ1) is 8.00. The van der Waals surface area contributed by atoms with Crippen molar-refractivity contribution in [1.29, 1.82) is 0 Å². The fourth-order valence-electron chi connectivity index (χ4n) is 1.19. The zero-order valence-corrected chi connectivity index (χ0v) is 10.5. The molecule has 0 radical (unpaired) electrons. The van der Waals surface area contributed by atoms with Gasteiger partial charge in [0.1, 0.15) is 5.76 Å². The second-order valence-corrected chi connectivity index (χ2v) is 4.21. The van der Waals surface area contributed by atoms with E-state index < -0.39 is 0 Å². The number of halogens is 1. The standard InChI is InChI=1S/C11H15ClN2O3/c1-7(12)9-3-4-10(17-9)11(16)14-6-5-13-8(2)15/h3-4,7H,5-6H2,1-2H3,(H,13,15)(H,14,16). The highest BCUT2D eigenvalue weighted by Gasteiger charge is 2.12. The van der Waals surface area contributed by atoms with Crippen LogP contribution in [0.15, 0.2) is 16.5 Å². The Kier molecular flexibility index (Phi) is 5.03. The van der Waals surface area contributed by atoms with Crippen LogP contribution in [0.4, 0.5) is 0 Å². The molecule has 1 rings (SSSR count). The van der Waals surface area contributed by atoms with Gasteiger partial charge in [-0.2, -0.15) is 0 Å². The molecule has 0 aromatic carbocycles. The van der Waals surface area contributed by atoms with Gasteiger partial charge in [-0.1, -0.05) is 0 Å². The van der Waals surface area contributed by atoms with E-state index in [0.29, 0.717) is 18.8 Å². The number of carbonyl (C=O) groups is 2. The van der Waals surface area contributed by atoms with Crippen molar-refractivity contribution < 1.29 is 14.0 Å². The Morgan fingerprint density at radius 2 is 2.00 bits per heavy atom. The molecule has 0 aliphatic carbocycles. The summed E-state index contributed by atoms with van der Waals surface area (Å²) in [6.45, 7) is 3.92. The Morgan fingerprint density at radius 1 is 1.35 bits per heavy atom. The van der Waals surface area contributed by atoms with Gasteiger partial charge in [0.05, 0.1) is 5.38 Å². The summed E-state index contributed by atoms with van der Waals surface area (Å²) in [6.07, 6.45) is 0. The molecule has 0 saturated heterocycles. The van der Waals surface area contributed by atoms with E-state index in [4.69, 9.17) is 16.0 Å². The summed E-state index contributed by atoms with van der Waals surface area (Å²) in [4.78, 5) is 22.1. The number of hydrogen-bond donors (Lipinski definition) is 2. The lowest BCUT2D eigenvalue weighted by atomic mass is 10.3. The van der Waals surface area contributed by atoms with Crippen molar-refractivity contribution in [1.82, 2.24) is 10.6 Å². The highest BCUT2D eigenvalue weighted by atomic mass is 35.5. The van der Waals surface area contributed by atoms with Crippen LogP contribution in [0.25, 0.3) is 0 Å². The molecule has 5 nitrogen and oxygen atoms in total. The first kappa shape index (κ1) is 13.6. The van der Waals surface area contributed by atoms with E-state index >= 15 is 0 Å². The van der Waals surface area contributed by atoms with Crippen LogP contribution in [0.2, 0.25) is 0 Å². The number of carbonyl (C=O) groups excluding carboxylic acids is 2. The molecule has 0 saturated carbocycles. The summed E-state index contributed by atoms with van der Waals surface area (Å²) in [5, 5.41) is 4.92. The minimum Gasteiger partial charge on any atom is -0.454 e. The number of rotatable bonds is 5. The van der Waals surface area contributed by atoms with E-state index in [2.05, 4.69) is 10.6 Å². The molecule has 2 N–H and O–H groups in total. The summed E-state index contributed by atoms with van der Waals surface area (Å²) in [5.74, 6) is 0.323. The van der Waals surface area contributed by atoms with Gasteiger partial charge in [-0.05, 0) is 19.1 Å². The average Bonchev–Trinajstić information content (AvgIpc) is 2.73. The van der Waals surface area contributed by atoms with E-state index in [0.717, 1.165) is 0 Å². The molecule has 1 unspecified atom stereocenters. The Labute approximate surface area is 105 Å². The van der Waals surface area contributed by atoms with Crippen LogP contribution in [-0.2, 0) is 4.79 Å². The van der Waals surface area contributed by atoms with Gasteiger partial charge in [-0.15, -0.1) is 11.6 Å². The minimum atomic E-state index is -0.320. The predicted octanol–water partition coefficient (Wildman–Crippen LogP) is 1.45. The van der Waals surface area contributed by atoms with Crippen molar-refractivity contribution in [2.75, 3.05) is 13.1 Å². The molecule has 1 aromatic rings. The second kappa shape index (κ2) is 6.30. The lowest BCUT2D eigenvalue weighted by Crippen LogP contribution is -2.33. The molecule has 0 bridgehead atoms. The van der Waals surface area contributed by atoms with E-state index in [-0.39, 0.29) is 23.0 Å². The lowest BCUT2D eigenvalue weighted by molar-refractivity contribution is -0.118. The van der Waals surface area contributed by atoms with Crippen LogP contribution in [0.3, 0.4) is 0 Å². The summed E-state index contributed by atoms with van der Waals surface area (Å²) in [6, 6.07) is 3.24. The normalized spacial score (nSPS) is 11.9. The van der Waals surface area contributed by atoms with Crippen molar-refractivity contribution in [3.05, 3.63) is 23.7 Å². The number of alkyl halides is 1. The van der Waals surface area contributed by atoms with Gasteiger partial charge < -0.3 is 15.1 Å². The van der Waals surface area contributed by atoms with Crippen molar-refractivity contribution in [3.8, 4) is 0 Å². The van der Waals surface area contributed by atoms with Gasteiger partial charge in [0.15, 0.2) is 5.76 Å². The molecule has 1 aromatic heterocycles. The summed E-state index contributed by atoms with van der Waals surface area (Å²) < 4.78 is 5.25. The Hall–Kier alpha value is -1.49. The number of amides is 2. The zero-order chi connectivity index (χ0) is 12.8. The zero-order valence-electron chi connectivity index (χ0n) is 9.75. The van der Waals surface area contributed by atoms with Crippen LogP contribution < -0.4 is 10.6 Å². The SMILES string of the molecule is CC(=O)NCCNC(=O)c1ccc(C(C)Cl)o1. The minimum absolute atomic E-state index is 0.129. The van der Waals surface area contributed by atoms with Crippen molar-refractivity contribution in [2.24, 2.45) is 0 Å². The molecule has 0 aliphatic heterocycles. The van der Waals surface area contributed by atoms with Gasteiger partial charge >= 0.3 is 0 Å². The van der Waals surface area contributed by atoms with Crippen molar-refractivity contribution >= 4 is 23.4 Å². The smallest absolute Gasteiger partial charge is 0.287 e. The van der Waals surface area contributed by atoms with Gasteiger partial charge in [-0.25, -0.2) is 0 Å². The predicted molar refractivity (Wildman–Crippen MR) is 64.0 cm³/mol. The van der Waals surface area contributed by atoms with E-state index in [1.165, 1.54) is 6.92 Å². The van der Waals surface area contributed by atoms with Crippen molar-refractivity contribution in [3.63, 3.8) is 0 Å². The maximum Gasteiger partial charge on any atom is 0.287 e. The molecule has 0 spiro atoms. The van der Waals surface area contributed by atoms with Gasteiger partial charge in [0.2, 0.25) is 5.91 Å². The van der Waals surface area contributed by atoms with Gasteiger partial charge in [-0.3, -0.25) is 9.59 Å². The molecule has 6 heteroatoms. The fourth-order valence-corrected chi connectivity index (χ4v) is 1.31. The van der Waals surface area contributed by atoms with Crippen LogP contribution >= 0.6 is 11.6 Å². The van der Waals surface area contributed by atoms with Gasteiger partial charge in [0, 0.05) is 20.0 Å². The molecule has 1 heterocycles. The molecule has 0 fully saturated rings. The van der Waals surface area contributed by atoms with E-state index in [1.807, 2.05) is 0 Å². The first-order valence-electron chi connectivity index (χ1n) is 5.27. The Balaban J connectivity index is 2.39. The first-order valence-corrected chi connectivity index (χ1v) is 5.70. The molecular formula is C11H15ClN2O3. The van der Waals surface area contributed by atoms with E-state index in [9.17, 15) is 9.59 Å². The summed E-state index contributed by atoms with van der Waals surface area (Å²) >= 11 is 5.81.